The van der Waals surface area contributed by atoms with E-state index >= 15 is 0 Å². The Hall–Kier alpha value is -1.23. The van der Waals surface area contributed by atoms with Gasteiger partial charge in [-0.3, -0.25) is 0 Å². The summed E-state index contributed by atoms with van der Waals surface area (Å²) >= 11 is 0. The van der Waals surface area contributed by atoms with Gasteiger partial charge in [0.25, 0.3) is 10.0 Å². The van der Waals surface area contributed by atoms with Crippen molar-refractivity contribution in [2.45, 2.75) is 5.03 Å². The highest BCUT2D eigenvalue weighted by Gasteiger charge is 2.17. The maximum absolute atomic E-state index is 11.7. The summed E-state index contributed by atoms with van der Waals surface area (Å²) in [6.45, 7) is -0.143. The Bertz CT molecular complexity index is 612. The second-order valence-electron chi connectivity index (χ2n) is 3.46. The van der Waals surface area contributed by atoms with Crippen molar-refractivity contribution in [2.24, 2.45) is 0 Å². The number of nitrogens with one attached hydrogen (secondary N) is 2. The minimum absolute atomic E-state index is 0.0288. The van der Waals surface area contributed by atoms with Crippen molar-refractivity contribution in [2.75, 3.05) is 25.1 Å². The van der Waals surface area contributed by atoms with Crippen molar-refractivity contribution in [3.05, 3.63) is 18.3 Å². The molecule has 1 rings (SSSR count). The summed E-state index contributed by atoms with van der Waals surface area (Å²) in [6.07, 6.45) is 2.29. The number of nitrogens with zero attached hydrogens (tertiary/aromatic N) is 1. The van der Waals surface area contributed by atoms with Gasteiger partial charge < -0.3 is 5.73 Å². The lowest BCUT2D eigenvalue weighted by Gasteiger charge is -2.07. The lowest BCUT2D eigenvalue weighted by molar-refractivity contribution is 0.571. The average molecular weight is 294 g/mol. The third kappa shape index (κ3) is 4.56. The molecule has 0 aromatic carbocycles. The number of sulfonamides is 2. The molecule has 0 radical (unpaired) electrons. The smallest absolute Gasteiger partial charge is 0.260 e. The van der Waals surface area contributed by atoms with Crippen LogP contribution in [0.2, 0.25) is 0 Å². The summed E-state index contributed by atoms with van der Waals surface area (Å²) < 4.78 is 49.4. The van der Waals surface area contributed by atoms with Gasteiger partial charge in [0.15, 0.2) is 5.03 Å². The van der Waals surface area contributed by atoms with E-state index in [4.69, 9.17) is 5.73 Å². The minimum atomic E-state index is -3.83. The first-order valence-electron chi connectivity index (χ1n) is 4.87. The number of hydrogen-bond acceptors (Lipinski definition) is 6. The zero-order chi connectivity index (χ0) is 13.8. The Kier molecular flexibility index (Phi) is 4.62. The van der Waals surface area contributed by atoms with Gasteiger partial charge in [-0.25, -0.2) is 31.3 Å². The van der Waals surface area contributed by atoms with Crippen molar-refractivity contribution in [3.8, 4) is 0 Å². The third-order valence-corrected chi connectivity index (χ3v) is 4.00. The Labute approximate surface area is 106 Å². The molecule has 0 fully saturated rings. The van der Waals surface area contributed by atoms with Crippen molar-refractivity contribution >= 4 is 25.7 Å². The lowest BCUT2D eigenvalue weighted by atomic mass is 10.4. The van der Waals surface area contributed by atoms with Gasteiger partial charge in [-0.1, -0.05) is 0 Å². The highest BCUT2D eigenvalue weighted by atomic mass is 32.2. The molecule has 0 amide bonds. The van der Waals surface area contributed by atoms with Crippen molar-refractivity contribution < 1.29 is 16.8 Å². The highest BCUT2D eigenvalue weighted by Crippen LogP contribution is 2.12. The first-order valence-corrected chi connectivity index (χ1v) is 8.24. The second kappa shape index (κ2) is 5.61. The molecule has 0 aliphatic carbocycles. The maximum atomic E-state index is 11.7. The molecule has 1 aromatic rings. The fourth-order valence-corrected chi connectivity index (χ4v) is 2.68. The van der Waals surface area contributed by atoms with Crippen LogP contribution in [0.15, 0.2) is 23.4 Å². The Morgan fingerprint density at radius 2 is 1.83 bits per heavy atom. The summed E-state index contributed by atoms with van der Waals surface area (Å²) in [5.41, 5.74) is 5.52. The average Bonchev–Trinajstić information content (AvgIpc) is 2.24. The number of nitrogen functional groups attached to an aromatic ring is 1. The molecule has 10 heteroatoms. The topological polar surface area (TPSA) is 131 Å². The van der Waals surface area contributed by atoms with Crippen molar-refractivity contribution in [3.63, 3.8) is 0 Å². The molecular formula is C8H14N4O4S2. The number of hydrogen-bond donors (Lipinski definition) is 3. The van der Waals surface area contributed by atoms with Gasteiger partial charge in [-0.05, 0) is 12.1 Å². The first kappa shape index (κ1) is 14.8. The molecule has 8 nitrogen and oxygen atoms in total. The molecule has 0 bridgehead atoms. The molecule has 0 saturated heterocycles. The van der Waals surface area contributed by atoms with Crippen LogP contribution in [-0.2, 0) is 20.0 Å². The van der Waals surface area contributed by atoms with Gasteiger partial charge in [0, 0.05) is 19.3 Å². The van der Waals surface area contributed by atoms with Crippen molar-refractivity contribution in [1.29, 1.82) is 0 Å². The summed E-state index contributed by atoms with van der Waals surface area (Å²) in [5.74, 6) is 0. The standard InChI is InChI=1S/C8H14N4O4S2/c1-17(13,14)11-5-6-12-18(15,16)8-7(9)3-2-4-10-8/h2-4,11-12H,5-6,9H2,1H3. The van der Waals surface area contributed by atoms with Crippen LogP contribution in [0.1, 0.15) is 0 Å². The highest BCUT2D eigenvalue weighted by molar-refractivity contribution is 7.89. The molecule has 102 valence electrons. The zero-order valence-corrected chi connectivity index (χ0v) is 11.3. The predicted octanol–water partition coefficient (Wildman–Crippen LogP) is -1.51. The van der Waals surface area contributed by atoms with E-state index in [-0.39, 0.29) is 23.8 Å². The fraction of sp³-hybridized carbons (Fsp3) is 0.375. The molecule has 0 atom stereocenters. The lowest BCUT2D eigenvalue weighted by Crippen LogP contribution is -2.34. The van der Waals surface area contributed by atoms with E-state index in [0.717, 1.165) is 6.26 Å². The quantitative estimate of drug-likeness (QED) is 0.547. The summed E-state index contributed by atoms with van der Waals surface area (Å²) in [5, 5.41) is -0.274. The van der Waals surface area contributed by atoms with E-state index in [1.165, 1.54) is 18.3 Å². The van der Waals surface area contributed by atoms with Gasteiger partial charge in [0.05, 0.1) is 11.9 Å². The summed E-state index contributed by atoms with van der Waals surface area (Å²) in [6, 6.07) is 2.93. The molecule has 0 aliphatic rings. The van der Waals surface area contributed by atoms with Crippen LogP contribution in [0.25, 0.3) is 0 Å². The number of nitrogens with two attached hydrogens (primary N) is 1. The number of pyridine rings is 1. The molecule has 0 aliphatic heterocycles. The van der Waals surface area contributed by atoms with Crippen LogP contribution in [0.4, 0.5) is 5.69 Å². The van der Waals surface area contributed by atoms with Gasteiger partial charge in [0.2, 0.25) is 10.0 Å². The molecular weight excluding hydrogens is 280 g/mol. The van der Waals surface area contributed by atoms with Crippen LogP contribution < -0.4 is 15.2 Å². The minimum Gasteiger partial charge on any atom is -0.396 e. The summed E-state index contributed by atoms with van der Waals surface area (Å²) in [4.78, 5) is 3.66. The second-order valence-corrected chi connectivity index (χ2v) is 6.98. The van der Waals surface area contributed by atoms with Crippen LogP contribution in [0.5, 0.6) is 0 Å². The fourth-order valence-electron chi connectivity index (χ4n) is 1.12. The van der Waals surface area contributed by atoms with E-state index in [0.29, 0.717) is 0 Å². The molecule has 4 N–H and O–H groups in total. The molecule has 0 unspecified atom stereocenters. The Balaban J connectivity index is 2.65. The molecule has 1 heterocycles. The van der Waals surface area contributed by atoms with Gasteiger partial charge in [0.1, 0.15) is 0 Å². The van der Waals surface area contributed by atoms with Gasteiger partial charge >= 0.3 is 0 Å². The van der Waals surface area contributed by atoms with Crippen LogP contribution in [0.3, 0.4) is 0 Å². The third-order valence-electron chi connectivity index (χ3n) is 1.84. The molecule has 18 heavy (non-hydrogen) atoms. The van der Waals surface area contributed by atoms with Gasteiger partial charge in [-0.15, -0.1) is 0 Å². The monoisotopic (exact) mass is 294 g/mol. The predicted molar refractivity (Wildman–Crippen MR) is 66.7 cm³/mol. The normalized spacial score (nSPS) is 12.5. The van der Waals surface area contributed by atoms with E-state index in [9.17, 15) is 16.8 Å². The number of rotatable bonds is 6. The number of aromatic nitrogens is 1. The van der Waals surface area contributed by atoms with E-state index < -0.39 is 20.0 Å². The SMILES string of the molecule is CS(=O)(=O)NCCNS(=O)(=O)c1ncccc1N. The Morgan fingerprint density at radius 1 is 1.22 bits per heavy atom. The molecule has 1 aromatic heterocycles. The van der Waals surface area contributed by atoms with E-state index in [1.54, 1.807) is 0 Å². The van der Waals surface area contributed by atoms with Crippen LogP contribution in [-0.4, -0.2) is 41.2 Å². The van der Waals surface area contributed by atoms with E-state index in [1.807, 2.05) is 0 Å². The first-order chi connectivity index (χ1) is 8.22. The van der Waals surface area contributed by atoms with Gasteiger partial charge in [-0.2, -0.15) is 0 Å². The Morgan fingerprint density at radius 3 is 2.39 bits per heavy atom. The summed E-state index contributed by atoms with van der Waals surface area (Å²) in [7, 11) is -7.17. The molecule has 0 spiro atoms. The zero-order valence-electron chi connectivity index (χ0n) is 9.62. The maximum Gasteiger partial charge on any atom is 0.260 e. The van der Waals surface area contributed by atoms with Crippen LogP contribution >= 0.6 is 0 Å². The number of anilines is 1. The van der Waals surface area contributed by atoms with Crippen LogP contribution in [0, 0.1) is 0 Å². The molecule has 0 saturated carbocycles. The van der Waals surface area contributed by atoms with E-state index in [2.05, 4.69) is 14.4 Å². The van der Waals surface area contributed by atoms with Crippen molar-refractivity contribution in [1.82, 2.24) is 14.4 Å². The largest absolute Gasteiger partial charge is 0.396 e.